The second-order valence-corrected chi connectivity index (χ2v) is 15.5. The highest BCUT2D eigenvalue weighted by Crippen LogP contribution is 2.47. The van der Waals surface area contributed by atoms with Crippen LogP contribution in [0.4, 0.5) is 0 Å². The summed E-state index contributed by atoms with van der Waals surface area (Å²) in [6.07, 6.45) is 22.0. The minimum atomic E-state index is -5.12. The largest absolute Gasteiger partial charge is 0.472 e. The van der Waals surface area contributed by atoms with Gasteiger partial charge in [0, 0.05) is 12.8 Å². The molecule has 8 atom stereocenters. The number of rotatable bonds is 32. The molecule has 0 heterocycles. The maximum absolute atomic E-state index is 12.7. The average Bonchev–Trinajstić information content (AvgIpc) is 3.16. The lowest BCUT2D eigenvalue weighted by Crippen LogP contribution is -2.64. The standard InChI is InChI=1S/C41H71O13P/c1-3-5-7-9-11-13-14-15-16-17-18-19-20-22-23-25-27-29-34(42)51-31-33(53-35(43)30-28-26-24-21-12-10-8-6-4-2)32-52-55(49,50)54-41-39(47)37(45)36(44)38(46)40(41)48/h11,13,15-16,18-19,22-23,33,36-41,44-48H,3-10,12,14,17,20-21,24-32H2,1-2H3,(H,49,50)/b13-11+,16-15+,19-18+,23-22+/t33-,36?,37-,38?,39?,40?,41?/m0/s1. The van der Waals surface area contributed by atoms with Gasteiger partial charge in [0.1, 0.15) is 43.2 Å². The quantitative estimate of drug-likeness (QED) is 0.0179. The minimum Gasteiger partial charge on any atom is -0.462 e. The molecule has 6 N–H and O–H groups in total. The summed E-state index contributed by atoms with van der Waals surface area (Å²) in [5.74, 6) is -1.17. The van der Waals surface area contributed by atoms with Gasteiger partial charge in [-0.2, -0.15) is 0 Å². The molecule has 1 rings (SSSR count). The molecule has 1 aliphatic rings. The maximum atomic E-state index is 12.7. The van der Waals surface area contributed by atoms with E-state index < -0.39 is 75.7 Å². The van der Waals surface area contributed by atoms with Crippen molar-refractivity contribution in [2.45, 2.75) is 185 Å². The molecule has 0 aliphatic heterocycles. The van der Waals surface area contributed by atoms with Gasteiger partial charge in [0.2, 0.25) is 0 Å². The summed E-state index contributed by atoms with van der Waals surface area (Å²) >= 11 is 0. The van der Waals surface area contributed by atoms with E-state index in [4.69, 9.17) is 18.5 Å². The van der Waals surface area contributed by atoms with Crippen LogP contribution in [-0.4, -0.2) is 98.3 Å². The van der Waals surface area contributed by atoms with E-state index in [0.717, 1.165) is 51.4 Å². The molecule has 14 heteroatoms. The lowest BCUT2D eigenvalue weighted by atomic mass is 9.85. The van der Waals surface area contributed by atoms with Gasteiger partial charge in [0.25, 0.3) is 0 Å². The molecule has 0 bridgehead atoms. The Hall–Kier alpha value is -2.19. The summed E-state index contributed by atoms with van der Waals surface area (Å²) in [6, 6.07) is 0. The van der Waals surface area contributed by atoms with Gasteiger partial charge in [-0.05, 0) is 51.4 Å². The minimum absolute atomic E-state index is 0.0845. The van der Waals surface area contributed by atoms with E-state index in [-0.39, 0.29) is 12.8 Å². The van der Waals surface area contributed by atoms with Crippen molar-refractivity contribution >= 4 is 19.8 Å². The smallest absolute Gasteiger partial charge is 0.462 e. The van der Waals surface area contributed by atoms with E-state index in [1.165, 1.54) is 44.9 Å². The molecular formula is C41H71O13P. The number of carbonyl (C=O) groups excluding carboxylic acids is 2. The number of ether oxygens (including phenoxy) is 2. The van der Waals surface area contributed by atoms with Crippen molar-refractivity contribution in [3.05, 3.63) is 48.6 Å². The van der Waals surface area contributed by atoms with Crippen LogP contribution >= 0.6 is 7.82 Å². The van der Waals surface area contributed by atoms with Crippen molar-refractivity contribution in [1.29, 1.82) is 0 Å². The number of aliphatic hydroxyl groups excluding tert-OH is 5. The van der Waals surface area contributed by atoms with E-state index in [1.807, 2.05) is 12.2 Å². The van der Waals surface area contributed by atoms with Gasteiger partial charge in [-0.3, -0.25) is 18.6 Å². The van der Waals surface area contributed by atoms with Gasteiger partial charge in [0.05, 0.1) is 6.61 Å². The number of phosphoric acid groups is 1. The number of phosphoric ester groups is 1. The van der Waals surface area contributed by atoms with Gasteiger partial charge in [0.15, 0.2) is 6.10 Å². The predicted octanol–water partition coefficient (Wildman–Crippen LogP) is 6.83. The van der Waals surface area contributed by atoms with E-state index in [2.05, 4.69) is 50.3 Å². The Labute approximate surface area is 329 Å². The van der Waals surface area contributed by atoms with E-state index >= 15 is 0 Å². The fourth-order valence-corrected chi connectivity index (χ4v) is 6.78. The Morgan fingerprint density at radius 1 is 0.564 bits per heavy atom. The zero-order chi connectivity index (χ0) is 40.7. The SMILES string of the molecule is CCCCC/C=C/C/C=C/C/C=C/C/C=C/CCCC(=O)OC[C@@H](COP(=O)(O)OC1C(O)C(O)C(O)[C@H](O)C1O)OC(=O)CCCCCCCCCCC. The van der Waals surface area contributed by atoms with Gasteiger partial charge >= 0.3 is 19.8 Å². The highest BCUT2D eigenvalue weighted by molar-refractivity contribution is 7.47. The predicted molar refractivity (Wildman–Crippen MR) is 212 cm³/mol. The molecule has 318 valence electrons. The van der Waals surface area contributed by atoms with Crippen LogP contribution in [0.5, 0.6) is 0 Å². The molecule has 0 aromatic rings. The third-order valence-electron chi connectivity index (χ3n) is 9.17. The number of carbonyl (C=O) groups is 2. The van der Waals surface area contributed by atoms with Gasteiger partial charge in [-0.25, -0.2) is 4.57 Å². The summed E-state index contributed by atoms with van der Waals surface area (Å²) in [4.78, 5) is 35.4. The van der Waals surface area contributed by atoms with Crippen LogP contribution in [-0.2, 0) is 32.7 Å². The summed E-state index contributed by atoms with van der Waals surface area (Å²) in [7, 11) is -5.12. The van der Waals surface area contributed by atoms with Gasteiger partial charge < -0.3 is 39.9 Å². The van der Waals surface area contributed by atoms with Crippen LogP contribution in [0.15, 0.2) is 48.6 Å². The molecule has 0 saturated heterocycles. The van der Waals surface area contributed by atoms with Crippen LogP contribution < -0.4 is 0 Å². The van der Waals surface area contributed by atoms with Crippen LogP contribution in [0.25, 0.3) is 0 Å². The number of hydrogen-bond donors (Lipinski definition) is 6. The molecule has 1 saturated carbocycles. The third-order valence-corrected chi connectivity index (χ3v) is 10.2. The molecule has 0 amide bonds. The Kier molecular flexibility index (Phi) is 29.4. The molecule has 0 spiro atoms. The third kappa shape index (κ3) is 24.9. The lowest BCUT2D eigenvalue weighted by molar-refractivity contribution is -0.220. The van der Waals surface area contributed by atoms with Crippen molar-refractivity contribution in [3.63, 3.8) is 0 Å². The molecule has 13 nitrogen and oxygen atoms in total. The lowest BCUT2D eigenvalue weighted by Gasteiger charge is -2.41. The molecular weight excluding hydrogens is 731 g/mol. The second-order valence-electron chi connectivity index (χ2n) is 14.1. The Morgan fingerprint density at radius 2 is 1.00 bits per heavy atom. The fourth-order valence-electron chi connectivity index (χ4n) is 5.81. The van der Waals surface area contributed by atoms with Crippen LogP contribution in [0.2, 0.25) is 0 Å². The Balaban J connectivity index is 2.54. The van der Waals surface area contributed by atoms with Crippen molar-refractivity contribution in [1.82, 2.24) is 0 Å². The van der Waals surface area contributed by atoms with Gasteiger partial charge in [-0.1, -0.05) is 127 Å². The topological polar surface area (TPSA) is 210 Å². The zero-order valence-corrected chi connectivity index (χ0v) is 34.1. The highest BCUT2D eigenvalue weighted by atomic mass is 31.2. The summed E-state index contributed by atoms with van der Waals surface area (Å²) < 4.78 is 33.3. The summed E-state index contributed by atoms with van der Waals surface area (Å²) in [6.45, 7) is 3.16. The molecule has 6 unspecified atom stereocenters. The number of esters is 2. The Morgan fingerprint density at radius 3 is 1.55 bits per heavy atom. The number of unbranched alkanes of at least 4 members (excludes halogenated alkanes) is 12. The van der Waals surface area contributed by atoms with E-state index in [0.29, 0.717) is 19.3 Å². The average molecular weight is 803 g/mol. The first kappa shape index (κ1) is 50.8. The monoisotopic (exact) mass is 802 g/mol. The number of allylic oxidation sites excluding steroid dienone is 8. The maximum Gasteiger partial charge on any atom is 0.472 e. The molecule has 1 fully saturated rings. The number of aliphatic hydroxyl groups is 5. The van der Waals surface area contributed by atoms with E-state index in [1.54, 1.807) is 0 Å². The first-order chi connectivity index (χ1) is 26.4. The first-order valence-corrected chi connectivity index (χ1v) is 21.9. The number of hydrogen-bond acceptors (Lipinski definition) is 12. The highest BCUT2D eigenvalue weighted by Gasteiger charge is 2.51. The molecule has 0 aromatic carbocycles. The molecule has 1 aliphatic carbocycles. The normalized spacial score (nSPS) is 23.6. The van der Waals surface area contributed by atoms with Gasteiger partial charge in [-0.15, -0.1) is 0 Å². The second kappa shape index (κ2) is 31.8. The van der Waals surface area contributed by atoms with Crippen molar-refractivity contribution in [2.24, 2.45) is 0 Å². The molecule has 0 aromatic heterocycles. The zero-order valence-electron chi connectivity index (χ0n) is 33.2. The fraction of sp³-hybridized carbons (Fsp3) is 0.756. The van der Waals surface area contributed by atoms with Crippen LogP contribution in [0.3, 0.4) is 0 Å². The summed E-state index contributed by atoms with van der Waals surface area (Å²) in [5, 5.41) is 49.9. The van der Waals surface area contributed by atoms with Crippen LogP contribution in [0, 0.1) is 0 Å². The van der Waals surface area contributed by atoms with Crippen LogP contribution in [0.1, 0.15) is 142 Å². The van der Waals surface area contributed by atoms with Crippen molar-refractivity contribution in [3.8, 4) is 0 Å². The van der Waals surface area contributed by atoms with Crippen molar-refractivity contribution in [2.75, 3.05) is 13.2 Å². The van der Waals surface area contributed by atoms with E-state index in [9.17, 15) is 44.6 Å². The molecule has 0 radical (unpaired) electrons. The first-order valence-electron chi connectivity index (χ1n) is 20.4. The molecule has 55 heavy (non-hydrogen) atoms. The Bertz CT molecular complexity index is 1160. The van der Waals surface area contributed by atoms with Crippen molar-refractivity contribution < 1.29 is 63.1 Å². The summed E-state index contributed by atoms with van der Waals surface area (Å²) in [5.41, 5.74) is 0.